The summed E-state index contributed by atoms with van der Waals surface area (Å²) in [6.45, 7) is 5.31. The van der Waals surface area contributed by atoms with E-state index in [4.69, 9.17) is 19.9 Å². The Labute approximate surface area is 157 Å². The van der Waals surface area contributed by atoms with Crippen LogP contribution in [0.15, 0.2) is 11.8 Å². The molecule has 0 aromatic carbocycles. The molecule has 0 saturated carbocycles. The number of hydrogen-bond acceptors (Lipinski definition) is 6. The number of thiophene rings is 1. The minimum Gasteiger partial charge on any atom is -0.501 e. The zero-order valence-corrected chi connectivity index (χ0v) is 16.6. The van der Waals surface area contributed by atoms with Gasteiger partial charge in [0.15, 0.2) is 0 Å². The molecule has 1 heterocycles. The van der Waals surface area contributed by atoms with Gasteiger partial charge in [-0.3, -0.25) is 10.1 Å². The van der Waals surface area contributed by atoms with Crippen LogP contribution in [0.3, 0.4) is 0 Å². The maximum Gasteiger partial charge on any atom is 0.412 e. The van der Waals surface area contributed by atoms with Gasteiger partial charge >= 0.3 is 6.09 Å². The predicted octanol–water partition coefficient (Wildman–Crippen LogP) is 3.75. The van der Waals surface area contributed by atoms with Crippen molar-refractivity contribution in [3.8, 4) is 0 Å². The Hall–Kier alpha value is -2.06. The van der Waals surface area contributed by atoms with Gasteiger partial charge < -0.3 is 19.9 Å². The van der Waals surface area contributed by atoms with Crippen LogP contribution in [0.1, 0.15) is 55.3 Å². The second-order valence-corrected chi connectivity index (χ2v) is 8.10. The van der Waals surface area contributed by atoms with Crippen molar-refractivity contribution in [2.75, 3.05) is 19.5 Å². The quantitative estimate of drug-likeness (QED) is 0.808. The highest BCUT2D eigenvalue weighted by Crippen LogP contribution is 2.40. The van der Waals surface area contributed by atoms with Crippen molar-refractivity contribution in [2.24, 2.45) is 5.73 Å². The van der Waals surface area contributed by atoms with Gasteiger partial charge in [-0.2, -0.15) is 0 Å². The summed E-state index contributed by atoms with van der Waals surface area (Å²) in [5.41, 5.74) is 6.10. The SMILES string of the molecule is COC1=C(c2cc(C(N)=O)c(NC(=O)OC(C)(C)C)s2)CCC(OC)C1. The zero-order valence-electron chi connectivity index (χ0n) is 15.8. The van der Waals surface area contributed by atoms with Gasteiger partial charge in [-0.25, -0.2) is 4.79 Å². The molecule has 2 amide bonds. The summed E-state index contributed by atoms with van der Waals surface area (Å²) in [5.74, 6) is 0.216. The largest absolute Gasteiger partial charge is 0.501 e. The number of rotatable bonds is 5. The molecule has 0 saturated heterocycles. The molecule has 7 nitrogen and oxygen atoms in total. The predicted molar refractivity (Wildman–Crippen MR) is 101 cm³/mol. The summed E-state index contributed by atoms with van der Waals surface area (Å²) >= 11 is 1.29. The lowest BCUT2D eigenvalue weighted by molar-refractivity contribution is 0.0636. The number of ether oxygens (including phenoxy) is 3. The third kappa shape index (κ3) is 4.98. The minimum absolute atomic E-state index is 0.114. The lowest BCUT2D eigenvalue weighted by atomic mass is 9.94. The molecule has 26 heavy (non-hydrogen) atoms. The summed E-state index contributed by atoms with van der Waals surface area (Å²) in [6, 6.07) is 1.70. The maximum atomic E-state index is 12.1. The fourth-order valence-electron chi connectivity index (χ4n) is 2.76. The van der Waals surface area contributed by atoms with E-state index in [9.17, 15) is 9.59 Å². The van der Waals surface area contributed by atoms with E-state index in [-0.39, 0.29) is 11.7 Å². The smallest absolute Gasteiger partial charge is 0.412 e. The third-order valence-electron chi connectivity index (χ3n) is 3.96. The van der Waals surface area contributed by atoms with Crippen molar-refractivity contribution in [3.63, 3.8) is 0 Å². The molecule has 3 N–H and O–H groups in total. The first-order chi connectivity index (χ1) is 12.1. The second-order valence-electron chi connectivity index (χ2n) is 7.05. The van der Waals surface area contributed by atoms with Crippen LogP contribution in [0.5, 0.6) is 0 Å². The van der Waals surface area contributed by atoms with Gasteiger partial charge in [0.1, 0.15) is 16.4 Å². The Morgan fingerprint density at radius 3 is 2.54 bits per heavy atom. The summed E-state index contributed by atoms with van der Waals surface area (Å²) in [5, 5.41) is 3.00. The Kier molecular flexibility index (Phi) is 6.30. The highest BCUT2D eigenvalue weighted by atomic mass is 32.1. The summed E-state index contributed by atoms with van der Waals surface area (Å²) < 4.78 is 16.2. The third-order valence-corrected chi connectivity index (χ3v) is 5.07. The standard InChI is InChI=1S/C18H26N2O5S/c1-18(2,3)25-17(22)20-16-12(15(19)21)9-14(26-16)11-7-6-10(23-4)8-13(11)24-5/h9-10H,6-8H2,1-5H3,(H2,19,21)(H,20,22). The molecule has 1 aliphatic carbocycles. The summed E-state index contributed by atoms with van der Waals surface area (Å²) in [6.07, 6.45) is 1.77. The Bertz CT molecular complexity index is 718. The van der Waals surface area contributed by atoms with E-state index in [2.05, 4.69) is 5.32 Å². The van der Waals surface area contributed by atoms with E-state index in [1.54, 1.807) is 41.1 Å². The fourth-order valence-corrected chi connectivity index (χ4v) is 3.90. The number of anilines is 1. The van der Waals surface area contributed by atoms with Crippen molar-refractivity contribution >= 4 is 33.9 Å². The van der Waals surface area contributed by atoms with E-state index < -0.39 is 17.6 Å². The van der Waals surface area contributed by atoms with Crippen LogP contribution >= 0.6 is 11.3 Å². The number of methoxy groups -OCH3 is 2. The Balaban J connectivity index is 2.33. The number of amides is 2. The topological polar surface area (TPSA) is 99.9 Å². The highest BCUT2D eigenvalue weighted by molar-refractivity contribution is 7.17. The number of carbonyl (C=O) groups is 2. The molecule has 8 heteroatoms. The maximum absolute atomic E-state index is 12.1. The van der Waals surface area contributed by atoms with Crippen molar-refractivity contribution in [3.05, 3.63) is 22.3 Å². The highest BCUT2D eigenvalue weighted by Gasteiger charge is 2.26. The van der Waals surface area contributed by atoms with Crippen LogP contribution in [0, 0.1) is 0 Å². The van der Waals surface area contributed by atoms with Crippen molar-refractivity contribution in [1.29, 1.82) is 0 Å². The lowest BCUT2D eigenvalue weighted by Crippen LogP contribution is -2.27. The molecule has 0 spiro atoms. The first-order valence-electron chi connectivity index (χ1n) is 8.37. The molecule has 1 aromatic heterocycles. The van der Waals surface area contributed by atoms with Gasteiger partial charge in [0.25, 0.3) is 5.91 Å². The zero-order chi connectivity index (χ0) is 19.5. The molecule has 0 radical (unpaired) electrons. The Morgan fingerprint density at radius 1 is 1.31 bits per heavy atom. The number of nitrogens with two attached hydrogens (primary N) is 1. The van der Waals surface area contributed by atoms with Crippen LogP contribution < -0.4 is 11.1 Å². The average molecular weight is 382 g/mol. The van der Waals surface area contributed by atoms with E-state index in [0.29, 0.717) is 11.4 Å². The van der Waals surface area contributed by atoms with Gasteiger partial charge in [0.2, 0.25) is 0 Å². The number of nitrogens with one attached hydrogen (secondary N) is 1. The Morgan fingerprint density at radius 2 is 2.00 bits per heavy atom. The van der Waals surface area contributed by atoms with Gasteiger partial charge in [-0.15, -0.1) is 11.3 Å². The molecule has 0 fully saturated rings. The van der Waals surface area contributed by atoms with E-state index in [1.807, 2.05) is 0 Å². The van der Waals surface area contributed by atoms with E-state index in [0.717, 1.165) is 29.1 Å². The number of allylic oxidation sites excluding steroid dienone is 1. The fraction of sp³-hybridized carbons (Fsp3) is 0.556. The van der Waals surface area contributed by atoms with E-state index >= 15 is 0 Å². The number of primary amides is 1. The minimum atomic E-state index is -0.638. The molecular weight excluding hydrogens is 356 g/mol. The first kappa shape index (κ1) is 20.3. The number of hydrogen-bond donors (Lipinski definition) is 2. The van der Waals surface area contributed by atoms with Crippen LogP contribution in [0.25, 0.3) is 5.57 Å². The van der Waals surface area contributed by atoms with Crippen molar-refractivity contribution in [2.45, 2.75) is 51.7 Å². The van der Waals surface area contributed by atoms with Gasteiger partial charge in [0.05, 0.1) is 18.8 Å². The average Bonchev–Trinajstić information content (AvgIpc) is 2.96. The van der Waals surface area contributed by atoms with Gasteiger partial charge in [0, 0.05) is 24.0 Å². The molecule has 144 valence electrons. The normalized spacial score (nSPS) is 17.8. The molecule has 1 aromatic rings. The monoisotopic (exact) mass is 382 g/mol. The molecular formula is C18H26N2O5S. The van der Waals surface area contributed by atoms with E-state index in [1.165, 1.54) is 11.3 Å². The van der Waals surface area contributed by atoms with Crippen LogP contribution in [-0.2, 0) is 14.2 Å². The van der Waals surface area contributed by atoms with Crippen LogP contribution in [-0.4, -0.2) is 37.9 Å². The summed E-state index contributed by atoms with van der Waals surface area (Å²) in [4.78, 5) is 24.7. The van der Waals surface area contributed by atoms with Crippen molar-refractivity contribution in [1.82, 2.24) is 0 Å². The van der Waals surface area contributed by atoms with Gasteiger partial charge in [-0.05, 0) is 39.7 Å². The first-order valence-corrected chi connectivity index (χ1v) is 9.19. The molecule has 1 unspecified atom stereocenters. The second kappa shape index (κ2) is 8.09. The summed E-state index contributed by atoms with van der Waals surface area (Å²) in [7, 11) is 3.30. The molecule has 2 rings (SSSR count). The van der Waals surface area contributed by atoms with Crippen molar-refractivity contribution < 1.29 is 23.8 Å². The van der Waals surface area contributed by atoms with Crippen LogP contribution in [0.2, 0.25) is 0 Å². The molecule has 0 aliphatic heterocycles. The molecule has 0 bridgehead atoms. The van der Waals surface area contributed by atoms with Crippen LogP contribution in [0.4, 0.5) is 9.80 Å². The lowest BCUT2D eigenvalue weighted by Gasteiger charge is -2.25. The molecule has 1 atom stereocenters. The van der Waals surface area contributed by atoms with Gasteiger partial charge in [-0.1, -0.05) is 0 Å². The molecule has 1 aliphatic rings. The number of carbonyl (C=O) groups excluding carboxylic acids is 2.